The van der Waals surface area contributed by atoms with Crippen molar-refractivity contribution in [3.05, 3.63) is 35.5 Å². The first-order valence-corrected chi connectivity index (χ1v) is 5.45. The third kappa shape index (κ3) is 2.33. The maximum Gasteiger partial charge on any atom is 0.121 e. The van der Waals surface area contributed by atoms with Gasteiger partial charge in [0.15, 0.2) is 0 Å². The zero-order chi connectivity index (χ0) is 10.7. The Labute approximate surface area is 97.8 Å². The Balaban J connectivity index is 2.39. The number of halogens is 2. The molecule has 15 heavy (non-hydrogen) atoms. The van der Waals surface area contributed by atoms with Gasteiger partial charge in [0.2, 0.25) is 0 Å². The van der Waals surface area contributed by atoms with Gasteiger partial charge >= 0.3 is 0 Å². The predicted molar refractivity (Wildman–Crippen MR) is 63.0 cm³/mol. The molecular weight excluding hydrogens is 233 g/mol. The van der Waals surface area contributed by atoms with Gasteiger partial charge in [-0.25, -0.2) is 0 Å². The number of alkyl halides is 1. The molecule has 2 rings (SSSR count). The molecule has 0 radical (unpaired) electrons. The summed E-state index contributed by atoms with van der Waals surface area (Å²) in [7, 11) is 0. The second-order valence-electron chi connectivity index (χ2n) is 3.01. The summed E-state index contributed by atoms with van der Waals surface area (Å²) in [6.45, 7) is 0.494. The average Bonchev–Trinajstić information content (AvgIpc) is 2.26. The first-order chi connectivity index (χ1) is 7.31. The van der Waals surface area contributed by atoms with Gasteiger partial charge in [0.05, 0.1) is 16.4 Å². The van der Waals surface area contributed by atoms with Gasteiger partial charge in [-0.05, 0) is 18.2 Å². The summed E-state index contributed by atoms with van der Waals surface area (Å²) in [5.74, 6) is 1.24. The van der Waals surface area contributed by atoms with Gasteiger partial charge in [0, 0.05) is 17.6 Å². The molecule has 0 bridgehead atoms. The lowest BCUT2D eigenvalue weighted by molar-refractivity contribution is 0.343. The van der Waals surface area contributed by atoms with Crippen LogP contribution in [0.1, 0.15) is 0 Å². The van der Waals surface area contributed by atoms with Crippen LogP contribution in [-0.4, -0.2) is 17.5 Å². The second-order valence-corrected chi connectivity index (χ2v) is 3.79. The Morgan fingerprint density at radius 3 is 2.93 bits per heavy atom. The minimum Gasteiger partial charge on any atom is -0.492 e. The van der Waals surface area contributed by atoms with E-state index in [-0.39, 0.29) is 0 Å². The molecule has 2 nitrogen and oxygen atoms in total. The number of hydrogen-bond acceptors (Lipinski definition) is 2. The molecule has 0 unspecified atom stereocenters. The molecule has 2 aromatic rings. The van der Waals surface area contributed by atoms with Crippen LogP contribution in [0, 0.1) is 0 Å². The van der Waals surface area contributed by atoms with Crippen molar-refractivity contribution in [1.29, 1.82) is 0 Å². The lowest BCUT2D eigenvalue weighted by Crippen LogP contribution is -1.97. The topological polar surface area (TPSA) is 22.1 Å². The van der Waals surface area contributed by atoms with E-state index >= 15 is 0 Å². The van der Waals surface area contributed by atoms with E-state index < -0.39 is 0 Å². The number of nitrogens with zero attached hydrogens (tertiary/aromatic N) is 1. The van der Waals surface area contributed by atoms with E-state index in [9.17, 15) is 0 Å². The fourth-order valence-electron chi connectivity index (χ4n) is 1.34. The van der Waals surface area contributed by atoms with Gasteiger partial charge in [-0.1, -0.05) is 11.6 Å². The van der Waals surface area contributed by atoms with Gasteiger partial charge in [-0.3, -0.25) is 4.98 Å². The maximum absolute atomic E-state index is 6.01. The van der Waals surface area contributed by atoms with Gasteiger partial charge in [0.1, 0.15) is 12.4 Å². The molecular formula is C11H9Cl2NO. The van der Waals surface area contributed by atoms with Crippen LogP contribution in [0.5, 0.6) is 5.75 Å². The summed E-state index contributed by atoms with van der Waals surface area (Å²) in [5, 5.41) is 1.63. The summed E-state index contributed by atoms with van der Waals surface area (Å²) in [4.78, 5) is 4.21. The third-order valence-electron chi connectivity index (χ3n) is 2.01. The fourth-order valence-corrected chi connectivity index (χ4v) is 1.63. The van der Waals surface area contributed by atoms with Crippen molar-refractivity contribution in [2.45, 2.75) is 0 Å². The van der Waals surface area contributed by atoms with Crippen molar-refractivity contribution in [2.24, 2.45) is 0 Å². The van der Waals surface area contributed by atoms with Crippen LogP contribution >= 0.6 is 23.2 Å². The molecule has 0 amide bonds. The maximum atomic E-state index is 6.01. The number of aromatic nitrogens is 1. The Morgan fingerprint density at radius 2 is 2.13 bits per heavy atom. The van der Waals surface area contributed by atoms with Gasteiger partial charge < -0.3 is 4.74 Å². The highest BCUT2D eigenvalue weighted by Gasteiger charge is 2.01. The van der Waals surface area contributed by atoms with Crippen molar-refractivity contribution in [3.63, 3.8) is 0 Å². The lowest BCUT2D eigenvalue weighted by atomic mass is 10.2. The lowest BCUT2D eigenvalue weighted by Gasteiger charge is -2.05. The zero-order valence-corrected chi connectivity index (χ0v) is 9.42. The predicted octanol–water partition coefficient (Wildman–Crippen LogP) is 3.51. The molecule has 0 spiro atoms. The number of fused-ring (bicyclic) bond motifs is 1. The van der Waals surface area contributed by atoms with E-state index in [2.05, 4.69) is 4.98 Å². The van der Waals surface area contributed by atoms with Crippen molar-refractivity contribution in [2.75, 3.05) is 12.5 Å². The highest BCUT2D eigenvalue weighted by atomic mass is 35.5. The molecule has 78 valence electrons. The van der Waals surface area contributed by atoms with E-state index in [1.165, 1.54) is 0 Å². The molecule has 1 aromatic heterocycles. The van der Waals surface area contributed by atoms with Gasteiger partial charge in [-0.15, -0.1) is 11.6 Å². The van der Waals surface area contributed by atoms with Crippen molar-refractivity contribution >= 4 is 34.1 Å². The smallest absolute Gasteiger partial charge is 0.121 e. The van der Waals surface area contributed by atoms with E-state index in [1.807, 2.05) is 18.2 Å². The molecule has 4 heteroatoms. The molecule has 0 saturated heterocycles. The number of hydrogen-bond donors (Lipinski definition) is 0. The summed E-state index contributed by atoms with van der Waals surface area (Å²) >= 11 is 11.5. The molecule has 1 heterocycles. The SMILES string of the molecule is ClCCOc1ccc2c(Cl)ccnc2c1. The summed E-state index contributed by atoms with van der Waals surface area (Å²) in [5.41, 5.74) is 0.828. The molecule has 0 aliphatic heterocycles. The van der Waals surface area contributed by atoms with E-state index in [0.29, 0.717) is 17.5 Å². The van der Waals surface area contributed by atoms with Gasteiger partial charge in [0.25, 0.3) is 0 Å². The van der Waals surface area contributed by atoms with Crippen LogP contribution < -0.4 is 4.74 Å². The molecule has 1 aromatic carbocycles. The number of ether oxygens (including phenoxy) is 1. The zero-order valence-electron chi connectivity index (χ0n) is 7.91. The highest BCUT2D eigenvalue weighted by Crippen LogP contribution is 2.24. The molecule has 0 fully saturated rings. The largest absolute Gasteiger partial charge is 0.492 e. The second kappa shape index (κ2) is 4.69. The summed E-state index contributed by atoms with van der Waals surface area (Å²) < 4.78 is 5.39. The van der Waals surface area contributed by atoms with Crippen LogP contribution in [0.25, 0.3) is 10.9 Å². The van der Waals surface area contributed by atoms with Gasteiger partial charge in [-0.2, -0.15) is 0 Å². The fraction of sp³-hybridized carbons (Fsp3) is 0.182. The van der Waals surface area contributed by atoms with Crippen LogP contribution in [0.2, 0.25) is 5.02 Å². The Bertz CT molecular complexity index is 473. The number of benzene rings is 1. The Kier molecular flexibility index (Phi) is 3.29. The molecule has 0 atom stereocenters. The first-order valence-electron chi connectivity index (χ1n) is 4.54. The average molecular weight is 242 g/mol. The standard InChI is InChI=1S/C11H9Cl2NO/c12-4-6-15-8-1-2-9-10(13)3-5-14-11(9)7-8/h1-3,5,7H,4,6H2. The number of pyridine rings is 1. The summed E-state index contributed by atoms with van der Waals surface area (Å²) in [6.07, 6.45) is 1.68. The molecule has 0 aliphatic rings. The highest BCUT2D eigenvalue weighted by molar-refractivity contribution is 6.35. The Morgan fingerprint density at radius 1 is 1.27 bits per heavy atom. The third-order valence-corrected chi connectivity index (χ3v) is 2.49. The van der Waals surface area contributed by atoms with Crippen LogP contribution in [0.4, 0.5) is 0 Å². The van der Waals surface area contributed by atoms with Crippen LogP contribution in [-0.2, 0) is 0 Å². The van der Waals surface area contributed by atoms with Crippen molar-refractivity contribution in [3.8, 4) is 5.75 Å². The first kappa shape index (κ1) is 10.5. The Hall–Kier alpha value is -0.990. The minimum absolute atomic E-state index is 0.473. The quantitative estimate of drug-likeness (QED) is 0.768. The van der Waals surface area contributed by atoms with E-state index in [1.54, 1.807) is 12.3 Å². The minimum atomic E-state index is 0.473. The van der Waals surface area contributed by atoms with Crippen molar-refractivity contribution in [1.82, 2.24) is 4.98 Å². The summed E-state index contributed by atoms with van der Waals surface area (Å²) in [6, 6.07) is 7.38. The molecule has 0 saturated carbocycles. The normalized spacial score (nSPS) is 10.5. The van der Waals surface area contributed by atoms with Crippen molar-refractivity contribution < 1.29 is 4.74 Å². The van der Waals surface area contributed by atoms with E-state index in [4.69, 9.17) is 27.9 Å². The number of rotatable bonds is 3. The van der Waals surface area contributed by atoms with Crippen LogP contribution in [0.15, 0.2) is 30.5 Å². The molecule has 0 N–H and O–H groups in total. The van der Waals surface area contributed by atoms with Crippen LogP contribution in [0.3, 0.4) is 0 Å². The monoisotopic (exact) mass is 241 g/mol. The molecule has 0 aliphatic carbocycles. The van der Waals surface area contributed by atoms with E-state index in [0.717, 1.165) is 16.7 Å².